The van der Waals surface area contributed by atoms with Crippen molar-refractivity contribution < 1.29 is 0 Å². The monoisotopic (exact) mass is 283 g/mol. The highest BCUT2D eigenvalue weighted by molar-refractivity contribution is 8.03. The van der Waals surface area contributed by atoms with Gasteiger partial charge in [0.25, 0.3) is 0 Å². The minimum Gasteiger partial charge on any atom is -0.294 e. The van der Waals surface area contributed by atoms with Crippen molar-refractivity contribution in [3.63, 3.8) is 0 Å². The van der Waals surface area contributed by atoms with Crippen LogP contribution in [0.1, 0.15) is 23.9 Å². The Labute approximate surface area is 117 Å². The highest BCUT2D eigenvalue weighted by Gasteiger charge is 2.27. The van der Waals surface area contributed by atoms with E-state index >= 15 is 0 Å². The molecule has 2 aliphatic heterocycles. The maximum atomic E-state index is 4.45. The first kappa shape index (κ1) is 12.9. The first-order valence-electron chi connectivity index (χ1n) is 6.83. The molecule has 18 heavy (non-hydrogen) atoms. The summed E-state index contributed by atoms with van der Waals surface area (Å²) in [5.41, 5.74) is 4.16. The van der Waals surface area contributed by atoms with Crippen LogP contribution in [0, 0.1) is 0 Å². The molecule has 2 aliphatic rings. The number of aryl methyl sites for hydroxylation is 1. The number of hydrogen-bond donors (Lipinski definition) is 1. The molecule has 100 valence electrons. The van der Waals surface area contributed by atoms with Crippen molar-refractivity contribution in [1.29, 1.82) is 0 Å². The molecule has 5 heteroatoms. The number of hydrogen-bond acceptors (Lipinski definition) is 4. The Hall–Kier alpha value is -0.130. The molecule has 3 rings (SSSR count). The molecule has 0 unspecified atom stereocenters. The standard InChI is InChI=1S/C13H21N3S2/c1-2-12-11-7-16(4-3-13(11)15-14-12)10-8-17-5-6-18-9-10/h10H,2-9H2,1H3,(H,14,15). The Kier molecular flexibility index (Phi) is 4.21. The molecular weight excluding hydrogens is 262 g/mol. The minimum atomic E-state index is 0.759. The Morgan fingerprint density at radius 2 is 2.11 bits per heavy atom. The summed E-state index contributed by atoms with van der Waals surface area (Å²) in [7, 11) is 0. The van der Waals surface area contributed by atoms with Crippen LogP contribution < -0.4 is 0 Å². The molecule has 0 aliphatic carbocycles. The lowest BCUT2D eigenvalue weighted by Gasteiger charge is -2.33. The van der Waals surface area contributed by atoms with Gasteiger partial charge in [-0.3, -0.25) is 10.00 Å². The topological polar surface area (TPSA) is 31.9 Å². The van der Waals surface area contributed by atoms with Gasteiger partial charge in [-0.1, -0.05) is 6.92 Å². The van der Waals surface area contributed by atoms with Crippen LogP contribution in [0.4, 0.5) is 0 Å². The summed E-state index contributed by atoms with van der Waals surface area (Å²) < 4.78 is 0. The second-order valence-electron chi connectivity index (χ2n) is 5.01. The van der Waals surface area contributed by atoms with Crippen molar-refractivity contribution in [2.24, 2.45) is 0 Å². The van der Waals surface area contributed by atoms with E-state index in [1.165, 1.54) is 46.5 Å². The molecule has 0 radical (unpaired) electrons. The first-order chi connectivity index (χ1) is 8.88. The Bertz CT molecular complexity index is 383. The predicted octanol–water partition coefficient (Wildman–Crippen LogP) is 2.18. The summed E-state index contributed by atoms with van der Waals surface area (Å²) in [5, 5.41) is 7.68. The normalized spacial score (nSPS) is 22.7. The van der Waals surface area contributed by atoms with Gasteiger partial charge in [-0.25, -0.2) is 0 Å². The van der Waals surface area contributed by atoms with E-state index in [2.05, 4.69) is 45.5 Å². The molecule has 1 aromatic heterocycles. The number of aromatic amines is 1. The highest BCUT2D eigenvalue weighted by Crippen LogP contribution is 2.26. The zero-order valence-electron chi connectivity index (χ0n) is 10.9. The molecule has 3 nitrogen and oxygen atoms in total. The molecular formula is C13H21N3S2. The summed E-state index contributed by atoms with van der Waals surface area (Å²) in [4.78, 5) is 2.68. The van der Waals surface area contributed by atoms with Gasteiger partial charge in [0, 0.05) is 59.8 Å². The van der Waals surface area contributed by atoms with E-state index in [1.807, 2.05) is 0 Å². The predicted molar refractivity (Wildman–Crippen MR) is 80.5 cm³/mol. The van der Waals surface area contributed by atoms with E-state index < -0.39 is 0 Å². The average Bonchev–Trinajstić information content (AvgIpc) is 2.62. The molecule has 1 fully saturated rings. The largest absolute Gasteiger partial charge is 0.294 e. The number of aromatic nitrogens is 2. The second-order valence-corrected chi connectivity index (χ2v) is 7.30. The smallest absolute Gasteiger partial charge is 0.0667 e. The van der Waals surface area contributed by atoms with Gasteiger partial charge in [0.1, 0.15) is 0 Å². The number of H-pyrrole nitrogens is 1. The van der Waals surface area contributed by atoms with E-state index in [-0.39, 0.29) is 0 Å². The van der Waals surface area contributed by atoms with Crippen molar-refractivity contribution in [2.45, 2.75) is 32.4 Å². The van der Waals surface area contributed by atoms with Gasteiger partial charge >= 0.3 is 0 Å². The van der Waals surface area contributed by atoms with Gasteiger partial charge in [-0.05, 0) is 6.42 Å². The van der Waals surface area contributed by atoms with Crippen molar-refractivity contribution in [2.75, 3.05) is 29.6 Å². The first-order valence-corrected chi connectivity index (χ1v) is 9.14. The molecule has 0 amide bonds. The van der Waals surface area contributed by atoms with Gasteiger partial charge in [0.15, 0.2) is 0 Å². The molecule has 0 saturated carbocycles. The maximum absolute atomic E-state index is 4.45. The SMILES string of the molecule is CCc1n[nH]c2c1CN(C1CSCCSC1)CC2. The number of nitrogens with zero attached hydrogens (tertiary/aromatic N) is 2. The third-order valence-electron chi connectivity index (χ3n) is 3.89. The van der Waals surface area contributed by atoms with Crippen LogP contribution in [0.15, 0.2) is 0 Å². The van der Waals surface area contributed by atoms with Crippen molar-refractivity contribution in [3.05, 3.63) is 17.0 Å². The van der Waals surface area contributed by atoms with Gasteiger partial charge in [-0.2, -0.15) is 28.6 Å². The Morgan fingerprint density at radius 1 is 1.33 bits per heavy atom. The molecule has 1 aromatic rings. The summed E-state index contributed by atoms with van der Waals surface area (Å²) in [6.07, 6.45) is 2.20. The van der Waals surface area contributed by atoms with E-state index in [4.69, 9.17) is 0 Å². The van der Waals surface area contributed by atoms with E-state index in [0.717, 1.165) is 25.4 Å². The van der Waals surface area contributed by atoms with E-state index in [1.54, 1.807) is 0 Å². The quantitative estimate of drug-likeness (QED) is 0.901. The Balaban J connectivity index is 1.72. The van der Waals surface area contributed by atoms with Crippen LogP contribution in [-0.4, -0.2) is 50.7 Å². The molecule has 0 bridgehead atoms. The van der Waals surface area contributed by atoms with Crippen LogP contribution in [0.25, 0.3) is 0 Å². The van der Waals surface area contributed by atoms with Crippen LogP contribution >= 0.6 is 23.5 Å². The van der Waals surface area contributed by atoms with E-state index in [0.29, 0.717) is 0 Å². The number of fused-ring (bicyclic) bond motifs is 1. The third-order valence-corrected chi connectivity index (χ3v) is 6.38. The van der Waals surface area contributed by atoms with Crippen LogP contribution in [-0.2, 0) is 19.4 Å². The molecule has 0 aromatic carbocycles. The van der Waals surface area contributed by atoms with Crippen molar-refractivity contribution in [1.82, 2.24) is 15.1 Å². The molecule has 3 heterocycles. The van der Waals surface area contributed by atoms with Gasteiger partial charge < -0.3 is 0 Å². The lowest BCUT2D eigenvalue weighted by molar-refractivity contribution is 0.208. The summed E-state index contributed by atoms with van der Waals surface area (Å²) in [6, 6.07) is 0.759. The third kappa shape index (κ3) is 2.58. The minimum absolute atomic E-state index is 0.759. The average molecular weight is 283 g/mol. The highest BCUT2D eigenvalue weighted by atomic mass is 32.2. The Morgan fingerprint density at radius 3 is 2.83 bits per heavy atom. The fourth-order valence-electron chi connectivity index (χ4n) is 2.79. The molecule has 1 N–H and O–H groups in total. The van der Waals surface area contributed by atoms with Gasteiger partial charge in [0.2, 0.25) is 0 Å². The maximum Gasteiger partial charge on any atom is 0.0667 e. The van der Waals surface area contributed by atoms with Gasteiger partial charge in [-0.15, -0.1) is 0 Å². The zero-order valence-corrected chi connectivity index (χ0v) is 12.6. The summed E-state index contributed by atoms with van der Waals surface area (Å²) in [5.74, 6) is 5.27. The van der Waals surface area contributed by atoms with Crippen molar-refractivity contribution >= 4 is 23.5 Å². The lowest BCUT2D eigenvalue weighted by Crippen LogP contribution is -2.42. The molecule has 0 atom stereocenters. The number of thioether (sulfide) groups is 2. The molecule has 1 saturated heterocycles. The summed E-state index contributed by atoms with van der Waals surface area (Å²) >= 11 is 4.25. The zero-order chi connectivity index (χ0) is 12.4. The number of rotatable bonds is 2. The van der Waals surface area contributed by atoms with Crippen LogP contribution in [0.3, 0.4) is 0 Å². The van der Waals surface area contributed by atoms with Crippen LogP contribution in [0.5, 0.6) is 0 Å². The van der Waals surface area contributed by atoms with Crippen molar-refractivity contribution in [3.8, 4) is 0 Å². The molecule has 0 spiro atoms. The number of nitrogens with one attached hydrogen (secondary N) is 1. The van der Waals surface area contributed by atoms with Gasteiger partial charge in [0.05, 0.1) is 5.69 Å². The fourth-order valence-corrected chi connectivity index (χ4v) is 5.42. The lowest BCUT2D eigenvalue weighted by atomic mass is 10.0. The fraction of sp³-hybridized carbons (Fsp3) is 0.769. The van der Waals surface area contributed by atoms with E-state index in [9.17, 15) is 0 Å². The second kappa shape index (κ2) is 5.88. The van der Waals surface area contributed by atoms with Crippen LogP contribution in [0.2, 0.25) is 0 Å². The summed E-state index contributed by atoms with van der Waals surface area (Å²) in [6.45, 7) is 4.51.